The van der Waals surface area contributed by atoms with E-state index in [1.54, 1.807) is 12.1 Å². The van der Waals surface area contributed by atoms with Gasteiger partial charge >= 0.3 is 0 Å². The van der Waals surface area contributed by atoms with E-state index in [9.17, 15) is 8.42 Å². The Labute approximate surface area is 126 Å². The number of rotatable bonds is 4. The van der Waals surface area contributed by atoms with Gasteiger partial charge in [0.15, 0.2) is 0 Å². The Morgan fingerprint density at radius 1 is 1.29 bits per heavy atom. The van der Waals surface area contributed by atoms with E-state index in [4.69, 9.17) is 0 Å². The molecule has 21 heavy (non-hydrogen) atoms. The van der Waals surface area contributed by atoms with Crippen molar-refractivity contribution in [1.82, 2.24) is 10.0 Å². The lowest BCUT2D eigenvalue weighted by Gasteiger charge is -2.29. The molecule has 0 aliphatic carbocycles. The van der Waals surface area contributed by atoms with E-state index in [1.165, 1.54) is 7.05 Å². The third kappa shape index (κ3) is 2.56. The average molecular weight is 309 g/mol. The van der Waals surface area contributed by atoms with Crippen LogP contribution < -0.4 is 14.9 Å². The Morgan fingerprint density at radius 2 is 2.00 bits per heavy atom. The quantitative estimate of drug-likeness (QED) is 0.872. The van der Waals surface area contributed by atoms with Crippen LogP contribution in [0.4, 0.5) is 5.69 Å². The highest BCUT2D eigenvalue weighted by Gasteiger charge is 2.43. The largest absolute Gasteiger partial charge is 0.368 e. The predicted octanol–water partition coefficient (Wildman–Crippen LogP) is 1.03. The van der Waals surface area contributed by atoms with E-state index >= 15 is 0 Å². The lowest BCUT2D eigenvalue weighted by molar-refractivity contribution is 0.442. The van der Waals surface area contributed by atoms with Gasteiger partial charge in [0.05, 0.1) is 4.90 Å². The van der Waals surface area contributed by atoms with Crippen molar-refractivity contribution in [1.29, 1.82) is 0 Å². The van der Waals surface area contributed by atoms with Crippen LogP contribution in [0.1, 0.15) is 13.3 Å². The van der Waals surface area contributed by atoms with Crippen LogP contribution in [-0.4, -0.2) is 41.1 Å². The van der Waals surface area contributed by atoms with Crippen LogP contribution in [-0.2, 0) is 10.0 Å². The van der Waals surface area contributed by atoms with Crippen LogP contribution in [0.5, 0.6) is 0 Å². The molecule has 0 bridgehead atoms. The molecule has 2 aliphatic heterocycles. The number of benzene rings is 1. The highest BCUT2D eigenvalue weighted by molar-refractivity contribution is 7.89. The first-order chi connectivity index (χ1) is 10.1. The maximum absolute atomic E-state index is 11.8. The summed E-state index contributed by atoms with van der Waals surface area (Å²) in [4.78, 5) is 2.77. The van der Waals surface area contributed by atoms with Crippen LogP contribution in [0.3, 0.4) is 0 Å². The number of hydrogen-bond acceptors (Lipinski definition) is 4. The van der Waals surface area contributed by atoms with Gasteiger partial charge in [-0.3, -0.25) is 0 Å². The summed E-state index contributed by atoms with van der Waals surface area (Å²) in [6.45, 7) is 5.50. The molecule has 2 heterocycles. The number of anilines is 1. The Hall–Kier alpha value is -1.11. The lowest BCUT2D eigenvalue weighted by atomic mass is 9.93. The number of hydrogen-bond donors (Lipinski definition) is 2. The van der Waals surface area contributed by atoms with Gasteiger partial charge in [0.25, 0.3) is 0 Å². The van der Waals surface area contributed by atoms with Crippen molar-refractivity contribution in [2.75, 3.05) is 31.6 Å². The van der Waals surface area contributed by atoms with Crippen molar-refractivity contribution in [2.24, 2.45) is 11.8 Å². The topological polar surface area (TPSA) is 61.4 Å². The van der Waals surface area contributed by atoms with Crippen molar-refractivity contribution in [3.05, 3.63) is 24.3 Å². The van der Waals surface area contributed by atoms with Crippen molar-refractivity contribution < 1.29 is 8.42 Å². The normalized spacial score (nSPS) is 28.9. The molecule has 2 saturated heterocycles. The molecule has 2 aliphatic rings. The van der Waals surface area contributed by atoms with E-state index in [1.807, 2.05) is 12.1 Å². The number of nitrogens with one attached hydrogen (secondary N) is 2. The van der Waals surface area contributed by atoms with Crippen LogP contribution in [0.25, 0.3) is 0 Å². The molecule has 6 heteroatoms. The van der Waals surface area contributed by atoms with E-state index in [0.29, 0.717) is 10.9 Å². The molecule has 2 fully saturated rings. The monoisotopic (exact) mass is 309 g/mol. The van der Waals surface area contributed by atoms with Crippen molar-refractivity contribution >= 4 is 15.7 Å². The Bertz CT molecular complexity index is 600. The molecule has 1 aromatic carbocycles. The lowest BCUT2D eigenvalue weighted by Crippen LogP contribution is -2.35. The van der Waals surface area contributed by atoms with E-state index < -0.39 is 10.0 Å². The number of fused-ring (bicyclic) bond motifs is 1. The highest BCUT2D eigenvalue weighted by atomic mass is 32.2. The fourth-order valence-corrected chi connectivity index (χ4v) is 4.51. The zero-order valence-corrected chi connectivity index (χ0v) is 13.4. The molecule has 3 rings (SSSR count). The summed E-state index contributed by atoms with van der Waals surface area (Å²) in [5, 5.41) is 3.48. The summed E-state index contributed by atoms with van der Waals surface area (Å²) in [5.74, 6) is 1.44. The number of sulfonamides is 1. The van der Waals surface area contributed by atoms with Crippen LogP contribution in [0.2, 0.25) is 0 Å². The average Bonchev–Trinajstić information content (AvgIpc) is 3.07. The zero-order valence-electron chi connectivity index (χ0n) is 12.5. The van der Waals surface area contributed by atoms with E-state index in [0.717, 1.165) is 43.6 Å². The molecule has 0 spiro atoms. The minimum absolute atomic E-state index is 0.322. The molecule has 116 valence electrons. The van der Waals surface area contributed by atoms with E-state index in [2.05, 4.69) is 21.9 Å². The third-order valence-electron chi connectivity index (χ3n) is 4.88. The molecule has 0 amide bonds. The van der Waals surface area contributed by atoms with Gasteiger partial charge in [0.2, 0.25) is 10.0 Å². The smallest absolute Gasteiger partial charge is 0.240 e. The Kier molecular flexibility index (Phi) is 3.94. The van der Waals surface area contributed by atoms with Crippen LogP contribution in [0.15, 0.2) is 29.2 Å². The van der Waals surface area contributed by atoms with Gasteiger partial charge in [0, 0.05) is 31.4 Å². The first-order valence-corrected chi connectivity index (χ1v) is 9.06. The van der Waals surface area contributed by atoms with Crippen molar-refractivity contribution in [3.8, 4) is 0 Å². The number of nitrogens with zero attached hydrogens (tertiary/aromatic N) is 1. The standard InChI is InChI=1S/C15H23N3O2S/c1-3-15-14-9-17-8-11(14)10-18(15)12-4-6-13(7-5-12)21(19,20)16-2/h4-7,11,14-17H,3,8-10H2,1-2H3. The van der Waals surface area contributed by atoms with Crippen LogP contribution >= 0.6 is 0 Å². The maximum Gasteiger partial charge on any atom is 0.240 e. The van der Waals surface area contributed by atoms with E-state index in [-0.39, 0.29) is 0 Å². The van der Waals surface area contributed by atoms with Gasteiger partial charge in [0.1, 0.15) is 0 Å². The summed E-state index contributed by atoms with van der Waals surface area (Å²) < 4.78 is 25.9. The van der Waals surface area contributed by atoms with Gasteiger partial charge in [-0.15, -0.1) is 0 Å². The fraction of sp³-hybridized carbons (Fsp3) is 0.600. The summed E-state index contributed by atoms with van der Waals surface area (Å²) >= 11 is 0. The van der Waals surface area contributed by atoms with Gasteiger partial charge in [-0.2, -0.15) is 0 Å². The molecule has 3 atom stereocenters. The van der Waals surface area contributed by atoms with Crippen molar-refractivity contribution in [2.45, 2.75) is 24.3 Å². The Morgan fingerprint density at radius 3 is 2.62 bits per heavy atom. The molecule has 0 aromatic heterocycles. The predicted molar refractivity (Wildman–Crippen MR) is 84.0 cm³/mol. The fourth-order valence-electron chi connectivity index (χ4n) is 3.78. The minimum Gasteiger partial charge on any atom is -0.368 e. The zero-order chi connectivity index (χ0) is 15.0. The highest BCUT2D eigenvalue weighted by Crippen LogP contribution is 2.37. The second-order valence-corrected chi connectivity index (χ2v) is 7.80. The van der Waals surface area contributed by atoms with Gasteiger partial charge in [-0.25, -0.2) is 13.1 Å². The molecule has 0 saturated carbocycles. The maximum atomic E-state index is 11.8. The summed E-state index contributed by atoms with van der Waals surface area (Å²) in [7, 11) is -1.92. The molecular weight excluding hydrogens is 286 g/mol. The van der Waals surface area contributed by atoms with Gasteiger partial charge in [-0.05, 0) is 49.6 Å². The molecule has 3 unspecified atom stereocenters. The Balaban J connectivity index is 1.84. The minimum atomic E-state index is -3.35. The molecule has 2 N–H and O–H groups in total. The van der Waals surface area contributed by atoms with Gasteiger partial charge < -0.3 is 10.2 Å². The van der Waals surface area contributed by atoms with Gasteiger partial charge in [-0.1, -0.05) is 6.92 Å². The molecular formula is C15H23N3O2S. The molecule has 0 radical (unpaired) electrons. The SMILES string of the molecule is CCC1C2CNCC2CN1c1ccc(S(=O)(=O)NC)cc1. The summed E-state index contributed by atoms with van der Waals surface area (Å²) in [5.41, 5.74) is 1.13. The molecule has 5 nitrogen and oxygen atoms in total. The second-order valence-electron chi connectivity index (χ2n) is 5.91. The first kappa shape index (κ1) is 14.8. The second kappa shape index (κ2) is 5.59. The molecule has 1 aromatic rings. The first-order valence-electron chi connectivity index (χ1n) is 7.57. The summed E-state index contributed by atoms with van der Waals surface area (Å²) in [6.07, 6.45) is 1.12. The third-order valence-corrected chi connectivity index (χ3v) is 6.31. The van der Waals surface area contributed by atoms with Crippen molar-refractivity contribution in [3.63, 3.8) is 0 Å². The summed E-state index contributed by atoms with van der Waals surface area (Å²) in [6, 6.07) is 7.81. The van der Waals surface area contributed by atoms with Crippen LogP contribution in [0, 0.1) is 11.8 Å².